The van der Waals surface area contributed by atoms with E-state index in [1.807, 2.05) is 7.05 Å². The number of methoxy groups -OCH3 is 1. The molecule has 1 fully saturated rings. The second-order valence-electron chi connectivity index (χ2n) is 7.89. The maximum absolute atomic E-state index is 13.8. The van der Waals surface area contributed by atoms with Gasteiger partial charge in [-0.2, -0.15) is 18.3 Å². The fourth-order valence-electron chi connectivity index (χ4n) is 3.98. The minimum Gasteiger partial charge on any atom is -0.496 e. The third kappa shape index (κ3) is 4.40. The van der Waals surface area contributed by atoms with Crippen molar-refractivity contribution in [3.8, 4) is 17.0 Å². The normalized spacial score (nSPS) is 17.5. The highest BCUT2D eigenvalue weighted by Crippen LogP contribution is 2.35. The van der Waals surface area contributed by atoms with Crippen LogP contribution in [0.2, 0.25) is 0 Å². The number of likely N-dealkylation sites (tertiary alicyclic amines) is 1. The molecule has 170 valence electrons. The van der Waals surface area contributed by atoms with Crippen LogP contribution in [-0.4, -0.2) is 59.3 Å². The van der Waals surface area contributed by atoms with Gasteiger partial charge in [0.15, 0.2) is 11.3 Å². The van der Waals surface area contributed by atoms with Crippen molar-refractivity contribution in [2.75, 3.05) is 33.9 Å². The van der Waals surface area contributed by atoms with E-state index in [1.165, 1.54) is 7.11 Å². The van der Waals surface area contributed by atoms with Gasteiger partial charge in [0.05, 0.1) is 25.6 Å². The lowest BCUT2D eigenvalue weighted by Gasteiger charge is -2.29. The Bertz CT molecular complexity index is 1130. The number of esters is 1. The summed E-state index contributed by atoms with van der Waals surface area (Å²) < 4.78 is 52.7. The van der Waals surface area contributed by atoms with Crippen molar-refractivity contribution >= 4 is 11.6 Å². The largest absolute Gasteiger partial charge is 0.496 e. The molecule has 7 nitrogen and oxygen atoms in total. The fraction of sp³-hybridized carbons (Fsp3) is 0.409. The first-order valence-electron chi connectivity index (χ1n) is 10.2. The molecule has 2 aromatic heterocycles. The zero-order valence-electron chi connectivity index (χ0n) is 17.7. The third-order valence-corrected chi connectivity index (χ3v) is 5.54. The molecule has 0 unspecified atom stereocenters. The van der Waals surface area contributed by atoms with E-state index >= 15 is 0 Å². The molecule has 10 heteroatoms. The zero-order valence-corrected chi connectivity index (χ0v) is 17.7. The van der Waals surface area contributed by atoms with Gasteiger partial charge in [0.1, 0.15) is 11.3 Å². The Kier molecular flexibility index (Phi) is 6.05. The Labute approximate surface area is 182 Å². The summed E-state index contributed by atoms with van der Waals surface area (Å²) in [5.41, 5.74) is -0.987. The Morgan fingerprint density at radius 1 is 1.28 bits per heavy atom. The number of carbonyl (C=O) groups excluding carboxylic acids is 1. The van der Waals surface area contributed by atoms with Gasteiger partial charge >= 0.3 is 12.1 Å². The molecule has 32 heavy (non-hydrogen) atoms. The highest BCUT2D eigenvalue weighted by atomic mass is 19.4. The number of nitrogens with zero attached hydrogens (tertiary/aromatic N) is 4. The van der Waals surface area contributed by atoms with Gasteiger partial charge in [-0.1, -0.05) is 12.1 Å². The van der Waals surface area contributed by atoms with Crippen molar-refractivity contribution in [1.82, 2.24) is 19.5 Å². The van der Waals surface area contributed by atoms with Gasteiger partial charge in [-0.15, -0.1) is 0 Å². The van der Waals surface area contributed by atoms with E-state index in [-0.39, 0.29) is 29.4 Å². The first-order valence-corrected chi connectivity index (χ1v) is 10.2. The van der Waals surface area contributed by atoms with Gasteiger partial charge in [-0.05, 0) is 44.6 Å². The number of hydrogen-bond acceptors (Lipinski definition) is 6. The summed E-state index contributed by atoms with van der Waals surface area (Å²) in [7, 11) is 3.42. The van der Waals surface area contributed by atoms with Crippen LogP contribution in [0.1, 0.15) is 28.9 Å². The van der Waals surface area contributed by atoms with E-state index in [0.717, 1.165) is 38.2 Å². The molecule has 1 aliphatic heterocycles. The smallest absolute Gasteiger partial charge is 0.433 e. The number of ether oxygens (including phenoxy) is 2. The lowest BCUT2D eigenvalue weighted by Crippen LogP contribution is -2.34. The van der Waals surface area contributed by atoms with Gasteiger partial charge < -0.3 is 14.4 Å². The van der Waals surface area contributed by atoms with E-state index in [0.29, 0.717) is 15.8 Å². The molecule has 0 N–H and O–H groups in total. The molecule has 1 aromatic carbocycles. The van der Waals surface area contributed by atoms with E-state index in [1.54, 1.807) is 24.3 Å². The molecule has 1 aliphatic rings. The summed E-state index contributed by atoms with van der Waals surface area (Å²) >= 11 is 0. The van der Waals surface area contributed by atoms with Crippen LogP contribution < -0.4 is 4.74 Å². The second-order valence-corrected chi connectivity index (χ2v) is 7.89. The monoisotopic (exact) mass is 448 g/mol. The van der Waals surface area contributed by atoms with Crippen molar-refractivity contribution < 1.29 is 27.4 Å². The van der Waals surface area contributed by atoms with E-state index in [4.69, 9.17) is 9.47 Å². The average Bonchev–Trinajstić information content (AvgIpc) is 3.20. The molecule has 1 saturated heterocycles. The quantitative estimate of drug-likeness (QED) is 0.551. The summed E-state index contributed by atoms with van der Waals surface area (Å²) in [6.07, 6.45) is -1.70. The predicted octanol–water partition coefficient (Wildman–Crippen LogP) is 3.92. The topological polar surface area (TPSA) is 69.0 Å². The number of rotatable bonds is 5. The number of alkyl halides is 3. The van der Waals surface area contributed by atoms with Crippen LogP contribution in [0.25, 0.3) is 16.9 Å². The molecule has 3 aromatic rings. The molecule has 0 amide bonds. The van der Waals surface area contributed by atoms with Gasteiger partial charge in [0, 0.05) is 18.0 Å². The summed E-state index contributed by atoms with van der Waals surface area (Å²) in [5, 5.41) is 3.78. The predicted molar refractivity (Wildman–Crippen MR) is 110 cm³/mol. The van der Waals surface area contributed by atoms with E-state index in [9.17, 15) is 18.0 Å². The number of fused-ring (bicyclic) bond motifs is 1. The van der Waals surface area contributed by atoms with Crippen LogP contribution in [0, 0.1) is 5.92 Å². The molecule has 0 bridgehead atoms. The third-order valence-electron chi connectivity index (χ3n) is 5.54. The lowest BCUT2D eigenvalue weighted by atomic mass is 10.00. The van der Waals surface area contributed by atoms with Crippen LogP contribution in [0.5, 0.6) is 5.75 Å². The summed E-state index contributed by atoms with van der Waals surface area (Å²) in [6, 6.07) is 7.50. The maximum Gasteiger partial charge on any atom is 0.433 e. The summed E-state index contributed by atoms with van der Waals surface area (Å²) in [6.45, 7) is 1.99. The number of aromatic nitrogens is 3. The first kappa shape index (κ1) is 22.1. The molecular weight excluding hydrogens is 425 g/mol. The van der Waals surface area contributed by atoms with Gasteiger partial charge in [0.25, 0.3) is 0 Å². The number of carbonyl (C=O) groups is 1. The van der Waals surface area contributed by atoms with Crippen molar-refractivity contribution in [2.45, 2.75) is 19.0 Å². The average molecular weight is 448 g/mol. The molecule has 0 saturated carbocycles. The second kappa shape index (κ2) is 8.78. The van der Waals surface area contributed by atoms with Crippen LogP contribution in [-0.2, 0) is 10.9 Å². The Balaban J connectivity index is 1.72. The van der Waals surface area contributed by atoms with E-state index < -0.39 is 17.8 Å². The Morgan fingerprint density at radius 2 is 2.06 bits per heavy atom. The first-order chi connectivity index (χ1) is 15.3. The minimum absolute atomic E-state index is 0.0192. The van der Waals surface area contributed by atoms with Crippen LogP contribution >= 0.6 is 0 Å². The SMILES string of the molecule is COc1ccccc1-c1cc(C(F)(F)F)n2ncc(C(=O)OC[C@@H]3CCCN(C)C3)c2n1. The molecule has 4 rings (SSSR count). The van der Waals surface area contributed by atoms with Crippen LogP contribution in [0.4, 0.5) is 13.2 Å². The van der Waals surface area contributed by atoms with Crippen LogP contribution in [0.15, 0.2) is 36.5 Å². The standard InChI is InChI=1S/C22H23F3N4O3/c1-28-9-5-6-14(12-28)13-32-21(30)16-11-26-29-19(22(23,24)25)10-17(27-20(16)29)15-7-3-4-8-18(15)31-2/h3-4,7-8,10-11,14H,5-6,9,12-13H2,1-2H3/t14-/m1/s1. The molecular formula is C22H23F3N4O3. The van der Waals surface area contributed by atoms with Crippen molar-refractivity contribution in [3.63, 3.8) is 0 Å². The van der Waals surface area contributed by atoms with Gasteiger partial charge in [-0.3, -0.25) is 0 Å². The van der Waals surface area contributed by atoms with Crippen molar-refractivity contribution in [2.24, 2.45) is 5.92 Å². The lowest BCUT2D eigenvalue weighted by molar-refractivity contribution is -0.142. The Hall–Kier alpha value is -3.14. The van der Waals surface area contributed by atoms with Crippen molar-refractivity contribution in [1.29, 1.82) is 0 Å². The molecule has 0 radical (unpaired) electrons. The number of para-hydroxylation sites is 1. The summed E-state index contributed by atoms with van der Waals surface area (Å²) in [4.78, 5) is 19.2. The number of piperidine rings is 1. The maximum atomic E-state index is 13.8. The number of hydrogen-bond donors (Lipinski definition) is 0. The number of halogens is 3. The van der Waals surface area contributed by atoms with Crippen molar-refractivity contribution in [3.05, 3.63) is 47.8 Å². The van der Waals surface area contributed by atoms with Gasteiger partial charge in [-0.25, -0.2) is 14.3 Å². The zero-order chi connectivity index (χ0) is 22.9. The van der Waals surface area contributed by atoms with Gasteiger partial charge in [0.2, 0.25) is 0 Å². The highest BCUT2D eigenvalue weighted by Gasteiger charge is 2.36. The molecule has 0 aliphatic carbocycles. The summed E-state index contributed by atoms with van der Waals surface area (Å²) in [5.74, 6) is -0.198. The highest BCUT2D eigenvalue weighted by molar-refractivity contribution is 5.96. The molecule has 1 atom stereocenters. The van der Waals surface area contributed by atoms with Crippen LogP contribution in [0.3, 0.4) is 0 Å². The Morgan fingerprint density at radius 3 is 2.78 bits per heavy atom. The minimum atomic E-state index is -4.71. The van der Waals surface area contributed by atoms with E-state index in [2.05, 4.69) is 15.0 Å². The molecule has 3 heterocycles. The fourth-order valence-corrected chi connectivity index (χ4v) is 3.98. The number of benzene rings is 1. The molecule has 0 spiro atoms.